The molecule has 2 rings (SSSR count). The van der Waals surface area contributed by atoms with E-state index in [1.54, 1.807) is 8.61 Å². The van der Waals surface area contributed by atoms with Crippen molar-refractivity contribution in [2.24, 2.45) is 5.73 Å². The molecule has 8 heteroatoms. The van der Waals surface area contributed by atoms with Crippen LogP contribution in [-0.4, -0.2) is 73.3 Å². The Hall–Kier alpha value is 0.0800. The fourth-order valence-corrected chi connectivity index (χ4v) is 4.80. The highest BCUT2D eigenvalue weighted by atomic mass is 35.5. The molecule has 0 aromatic rings. The molecule has 22 heavy (non-hydrogen) atoms. The summed E-state index contributed by atoms with van der Waals surface area (Å²) >= 11 is 0. The molecule has 2 N–H and O–H groups in total. The fraction of sp³-hybridized carbons (Fsp3) is 1.00. The van der Waals surface area contributed by atoms with Gasteiger partial charge in [-0.15, -0.1) is 12.4 Å². The summed E-state index contributed by atoms with van der Waals surface area (Å²) in [6.07, 6.45) is 4.26. The van der Waals surface area contributed by atoms with Crippen LogP contribution >= 0.6 is 12.4 Å². The molecule has 2 fully saturated rings. The maximum Gasteiger partial charge on any atom is 0.282 e. The van der Waals surface area contributed by atoms with Crippen LogP contribution in [0.2, 0.25) is 0 Å². The second-order valence-electron chi connectivity index (χ2n) is 6.98. The van der Waals surface area contributed by atoms with Crippen LogP contribution in [0.4, 0.5) is 0 Å². The SMILES string of the molecule is CC(C)(N)CN1CCN(S(=O)(=O)N2CCCCCC2)CC1.Cl. The van der Waals surface area contributed by atoms with Gasteiger partial charge in [-0.2, -0.15) is 17.0 Å². The molecule has 0 saturated carbocycles. The third-order valence-corrected chi connectivity index (χ3v) is 6.22. The Balaban J connectivity index is 0.00000242. The van der Waals surface area contributed by atoms with Gasteiger partial charge >= 0.3 is 0 Å². The van der Waals surface area contributed by atoms with Gasteiger partial charge in [0.2, 0.25) is 0 Å². The number of rotatable bonds is 4. The molecule has 0 aromatic carbocycles. The van der Waals surface area contributed by atoms with Gasteiger partial charge < -0.3 is 5.73 Å². The standard InChI is InChI=1S/C14H30N4O2S.ClH/c1-14(2,15)13-16-9-11-18(12-10-16)21(19,20)17-7-5-3-4-6-8-17;/h3-13,15H2,1-2H3;1H. The van der Waals surface area contributed by atoms with E-state index in [4.69, 9.17) is 5.73 Å². The molecule has 0 aromatic heterocycles. The van der Waals surface area contributed by atoms with Gasteiger partial charge in [0.25, 0.3) is 10.2 Å². The van der Waals surface area contributed by atoms with Crippen molar-refractivity contribution in [2.45, 2.75) is 45.1 Å². The molecule has 0 bridgehead atoms. The minimum Gasteiger partial charge on any atom is -0.324 e. The van der Waals surface area contributed by atoms with Crippen LogP contribution in [0.5, 0.6) is 0 Å². The van der Waals surface area contributed by atoms with E-state index in [1.807, 2.05) is 13.8 Å². The Morgan fingerprint density at radius 1 is 0.864 bits per heavy atom. The van der Waals surface area contributed by atoms with Crippen LogP contribution in [0, 0.1) is 0 Å². The highest BCUT2D eigenvalue weighted by Crippen LogP contribution is 2.18. The van der Waals surface area contributed by atoms with E-state index in [-0.39, 0.29) is 17.9 Å². The third kappa shape index (κ3) is 5.62. The van der Waals surface area contributed by atoms with Crippen molar-refractivity contribution in [1.29, 1.82) is 0 Å². The van der Waals surface area contributed by atoms with Crippen LogP contribution in [0.15, 0.2) is 0 Å². The van der Waals surface area contributed by atoms with Gasteiger partial charge in [0, 0.05) is 51.4 Å². The van der Waals surface area contributed by atoms with Crippen LogP contribution < -0.4 is 5.73 Å². The summed E-state index contributed by atoms with van der Waals surface area (Å²) in [7, 11) is -3.27. The quantitative estimate of drug-likeness (QED) is 0.813. The Labute approximate surface area is 141 Å². The molecular formula is C14H31ClN4O2S. The zero-order valence-corrected chi connectivity index (χ0v) is 15.5. The lowest BCUT2D eigenvalue weighted by molar-refractivity contribution is 0.157. The van der Waals surface area contributed by atoms with Gasteiger partial charge in [-0.3, -0.25) is 4.90 Å². The van der Waals surface area contributed by atoms with Crippen molar-refractivity contribution in [2.75, 3.05) is 45.8 Å². The predicted molar refractivity (Wildman–Crippen MR) is 92.5 cm³/mol. The normalized spacial score (nSPS) is 23.8. The lowest BCUT2D eigenvalue weighted by Gasteiger charge is -2.38. The Kier molecular flexibility index (Phi) is 7.56. The molecule has 0 aliphatic carbocycles. The van der Waals surface area contributed by atoms with E-state index in [0.717, 1.165) is 45.3 Å². The highest BCUT2D eigenvalue weighted by Gasteiger charge is 2.33. The average Bonchev–Trinajstić information content (AvgIpc) is 2.66. The van der Waals surface area contributed by atoms with E-state index in [1.165, 1.54) is 0 Å². The first-order valence-corrected chi connectivity index (χ1v) is 9.45. The second kappa shape index (κ2) is 8.26. The molecule has 0 atom stereocenters. The number of nitrogens with two attached hydrogens (primary N) is 1. The molecule has 2 aliphatic rings. The van der Waals surface area contributed by atoms with Crippen LogP contribution in [0.25, 0.3) is 0 Å². The monoisotopic (exact) mass is 354 g/mol. The first-order valence-electron chi connectivity index (χ1n) is 8.05. The number of hydrogen-bond acceptors (Lipinski definition) is 4. The first kappa shape index (κ1) is 20.1. The number of piperazine rings is 1. The molecule has 2 aliphatic heterocycles. The van der Waals surface area contributed by atoms with E-state index >= 15 is 0 Å². The van der Waals surface area contributed by atoms with Gasteiger partial charge in [0.1, 0.15) is 0 Å². The molecule has 0 radical (unpaired) electrons. The smallest absolute Gasteiger partial charge is 0.282 e. The minimum atomic E-state index is -3.27. The number of halogens is 1. The molecule has 0 unspecified atom stereocenters. The Morgan fingerprint density at radius 3 is 1.77 bits per heavy atom. The Morgan fingerprint density at radius 2 is 1.32 bits per heavy atom. The number of nitrogens with zero attached hydrogens (tertiary/aromatic N) is 3. The predicted octanol–water partition coefficient (Wildman–Crippen LogP) is 0.884. The molecule has 2 heterocycles. The molecular weight excluding hydrogens is 324 g/mol. The summed E-state index contributed by atoms with van der Waals surface area (Å²) in [5.41, 5.74) is 5.81. The molecule has 0 amide bonds. The molecule has 2 saturated heterocycles. The minimum absolute atomic E-state index is 0. The van der Waals surface area contributed by atoms with Crippen molar-refractivity contribution in [3.63, 3.8) is 0 Å². The van der Waals surface area contributed by atoms with Gasteiger partial charge in [-0.25, -0.2) is 0 Å². The number of hydrogen-bond donors (Lipinski definition) is 1. The van der Waals surface area contributed by atoms with E-state index < -0.39 is 10.2 Å². The molecule has 0 spiro atoms. The Bertz CT molecular complexity index is 423. The molecule has 6 nitrogen and oxygen atoms in total. The van der Waals surface area contributed by atoms with Crippen molar-refractivity contribution >= 4 is 22.6 Å². The van der Waals surface area contributed by atoms with Crippen LogP contribution in [0.3, 0.4) is 0 Å². The van der Waals surface area contributed by atoms with Crippen LogP contribution in [-0.2, 0) is 10.2 Å². The van der Waals surface area contributed by atoms with Crippen molar-refractivity contribution < 1.29 is 8.42 Å². The fourth-order valence-electron chi connectivity index (χ4n) is 3.13. The maximum absolute atomic E-state index is 12.7. The third-order valence-electron chi connectivity index (χ3n) is 4.18. The largest absolute Gasteiger partial charge is 0.324 e. The maximum atomic E-state index is 12.7. The van der Waals surface area contributed by atoms with Crippen molar-refractivity contribution in [3.8, 4) is 0 Å². The lowest BCUT2D eigenvalue weighted by atomic mass is 10.1. The summed E-state index contributed by atoms with van der Waals surface area (Å²) in [5.74, 6) is 0. The average molecular weight is 355 g/mol. The zero-order valence-electron chi connectivity index (χ0n) is 13.8. The molecule has 132 valence electrons. The van der Waals surface area contributed by atoms with Gasteiger partial charge in [-0.1, -0.05) is 12.8 Å². The van der Waals surface area contributed by atoms with E-state index in [0.29, 0.717) is 26.2 Å². The van der Waals surface area contributed by atoms with Crippen molar-refractivity contribution in [3.05, 3.63) is 0 Å². The summed E-state index contributed by atoms with van der Waals surface area (Å²) < 4.78 is 28.7. The second-order valence-corrected chi connectivity index (χ2v) is 8.91. The van der Waals surface area contributed by atoms with Crippen LogP contribution in [0.1, 0.15) is 39.5 Å². The van der Waals surface area contributed by atoms with Gasteiger partial charge in [-0.05, 0) is 26.7 Å². The van der Waals surface area contributed by atoms with Gasteiger partial charge in [0.15, 0.2) is 0 Å². The summed E-state index contributed by atoms with van der Waals surface area (Å²) in [6.45, 7) is 8.88. The topological polar surface area (TPSA) is 69.9 Å². The summed E-state index contributed by atoms with van der Waals surface area (Å²) in [5, 5.41) is 0. The first-order chi connectivity index (χ1) is 9.79. The van der Waals surface area contributed by atoms with E-state index in [9.17, 15) is 8.42 Å². The summed E-state index contributed by atoms with van der Waals surface area (Å²) in [6, 6.07) is 0. The lowest BCUT2D eigenvalue weighted by Crippen LogP contribution is -2.56. The van der Waals surface area contributed by atoms with E-state index in [2.05, 4.69) is 4.90 Å². The van der Waals surface area contributed by atoms with Crippen molar-refractivity contribution in [1.82, 2.24) is 13.5 Å². The van der Waals surface area contributed by atoms with Gasteiger partial charge in [0.05, 0.1) is 0 Å². The summed E-state index contributed by atoms with van der Waals surface area (Å²) in [4.78, 5) is 2.26. The highest BCUT2D eigenvalue weighted by molar-refractivity contribution is 7.86. The zero-order chi connectivity index (χ0) is 15.5.